The summed E-state index contributed by atoms with van der Waals surface area (Å²) in [6.07, 6.45) is 0. The zero-order chi connectivity index (χ0) is 12.3. The Hall–Kier alpha value is -0.250. The van der Waals surface area contributed by atoms with Crippen LogP contribution in [0, 0.1) is 6.92 Å². The number of hydrogen-bond acceptors (Lipinski definition) is 2. The Bertz CT molecular complexity index is 349. The molecule has 0 aliphatic heterocycles. The van der Waals surface area contributed by atoms with Gasteiger partial charge >= 0.3 is 0 Å². The summed E-state index contributed by atoms with van der Waals surface area (Å²) in [5.74, 6) is 0.618. The van der Waals surface area contributed by atoms with E-state index in [0.717, 1.165) is 29.5 Å². The largest absolute Gasteiger partial charge is 0.297 e. The summed E-state index contributed by atoms with van der Waals surface area (Å²) < 4.78 is 1.95. The highest BCUT2D eigenvalue weighted by atomic mass is 35.5. The molecule has 16 heavy (non-hydrogen) atoms. The Balaban J connectivity index is 2.87. The molecular formula is C11H19Cl2N3. The predicted octanol–water partition coefficient (Wildman–Crippen LogP) is 2.92. The van der Waals surface area contributed by atoms with Crippen molar-refractivity contribution in [2.75, 3.05) is 12.9 Å². The molecule has 1 rings (SSSR count). The van der Waals surface area contributed by atoms with Crippen molar-refractivity contribution < 1.29 is 0 Å². The number of alkyl halides is 1. The third-order valence-corrected chi connectivity index (χ3v) is 3.77. The van der Waals surface area contributed by atoms with Gasteiger partial charge in [0.1, 0.15) is 0 Å². The Labute approximate surface area is 107 Å². The average Bonchev–Trinajstić information content (AvgIpc) is 2.55. The molecule has 1 aromatic rings. The van der Waals surface area contributed by atoms with Crippen molar-refractivity contribution in [2.24, 2.45) is 0 Å². The highest BCUT2D eigenvalue weighted by Gasteiger charge is 2.16. The van der Waals surface area contributed by atoms with E-state index in [2.05, 4.69) is 23.8 Å². The smallest absolute Gasteiger partial charge is 0.0860 e. The molecule has 0 saturated carbocycles. The van der Waals surface area contributed by atoms with Gasteiger partial charge in [-0.2, -0.15) is 5.10 Å². The molecule has 1 heterocycles. The lowest BCUT2D eigenvalue weighted by atomic mass is 10.3. The summed E-state index contributed by atoms with van der Waals surface area (Å²) in [5, 5.41) is 5.17. The van der Waals surface area contributed by atoms with Gasteiger partial charge in [0.15, 0.2) is 0 Å². The zero-order valence-electron chi connectivity index (χ0n) is 10.3. The van der Waals surface area contributed by atoms with Crippen LogP contribution in [0.5, 0.6) is 0 Å². The molecule has 0 radical (unpaired) electrons. The molecule has 1 unspecified atom stereocenters. The van der Waals surface area contributed by atoms with Gasteiger partial charge in [-0.1, -0.05) is 11.6 Å². The zero-order valence-corrected chi connectivity index (χ0v) is 11.8. The standard InChI is InChI=1S/C11H19Cl2N3/c1-5-16-10(11(13)9(3)14-16)7-15(4)8(2)6-12/h8H,5-7H2,1-4H3. The molecule has 0 N–H and O–H groups in total. The average molecular weight is 264 g/mol. The topological polar surface area (TPSA) is 21.1 Å². The Morgan fingerprint density at radius 3 is 2.62 bits per heavy atom. The van der Waals surface area contributed by atoms with E-state index in [9.17, 15) is 0 Å². The van der Waals surface area contributed by atoms with Gasteiger partial charge in [-0.25, -0.2) is 0 Å². The second-order valence-corrected chi connectivity index (χ2v) is 4.77. The molecule has 1 aromatic heterocycles. The number of rotatable bonds is 5. The third kappa shape index (κ3) is 2.90. The van der Waals surface area contributed by atoms with Gasteiger partial charge in [-0.15, -0.1) is 11.6 Å². The van der Waals surface area contributed by atoms with Crippen LogP contribution in [0.25, 0.3) is 0 Å². The number of nitrogens with zero attached hydrogens (tertiary/aromatic N) is 3. The minimum Gasteiger partial charge on any atom is -0.297 e. The molecule has 92 valence electrons. The van der Waals surface area contributed by atoms with Crippen molar-refractivity contribution in [3.8, 4) is 0 Å². The molecule has 0 aliphatic rings. The third-order valence-electron chi connectivity index (χ3n) is 2.83. The molecule has 1 atom stereocenters. The molecule has 3 nitrogen and oxygen atoms in total. The summed E-state index contributed by atoms with van der Waals surface area (Å²) in [6, 6.07) is 0.332. The first kappa shape index (κ1) is 13.8. The van der Waals surface area contributed by atoms with E-state index in [0.29, 0.717) is 11.9 Å². The highest BCUT2D eigenvalue weighted by Crippen LogP contribution is 2.22. The quantitative estimate of drug-likeness (QED) is 0.762. The fraction of sp³-hybridized carbons (Fsp3) is 0.727. The molecular weight excluding hydrogens is 245 g/mol. The maximum atomic E-state index is 6.24. The van der Waals surface area contributed by atoms with Gasteiger partial charge in [-0.3, -0.25) is 9.58 Å². The minimum absolute atomic E-state index is 0.332. The minimum atomic E-state index is 0.332. The monoisotopic (exact) mass is 263 g/mol. The molecule has 5 heteroatoms. The van der Waals surface area contributed by atoms with E-state index >= 15 is 0 Å². The molecule has 0 aliphatic carbocycles. The van der Waals surface area contributed by atoms with E-state index in [1.165, 1.54) is 0 Å². The van der Waals surface area contributed by atoms with Gasteiger partial charge in [0.25, 0.3) is 0 Å². The van der Waals surface area contributed by atoms with Crippen molar-refractivity contribution in [3.05, 3.63) is 16.4 Å². The van der Waals surface area contributed by atoms with Gasteiger partial charge < -0.3 is 0 Å². The van der Waals surface area contributed by atoms with Crippen molar-refractivity contribution >= 4 is 23.2 Å². The predicted molar refractivity (Wildman–Crippen MR) is 69.3 cm³/mol. The molecule has 0 aromatic carbocycles. The van der Waals surface area contributed by atoms with Gasteiger partial charge in [-0.05, 0) is 27.8 Å². The first-order valence-electron chi connectivity index (χ1n) is 5.49. The summed E-state index contributed by atoms with van der Waals surface area (Å²) in [7, 11) is 2.05. The van der Waals surface area contributed by atoms with Crippen LogP contribution in [0.2, 0.25) is 5.02 Å². The first-order valence-corrected chi connectivity index (χ1v) is 6.40. The van der Waals surface area contributed by atoms with E-state index in [1.807, 2.05) is 18.7 Å². The molecule has 0 fully saturated rings. The van der Waals surface area contributed by atoms with E-state index in [-0.39, 0.29) is 0 Å². The summed E-state index contributed by atoms with van der Waals surface area (Å²) >= 11 is 12.1. The number of aromatic nitrogens is 2. The van der Waals surface area contributed by atoms with Crippen LogP contribution in [-0.2, 0) is 13.1 Å². The van der Waals surface area contributed by atoms with Gasteiger partial charge in [0.2, 0.25) is 0 Å². The Kier molecular flexibility index (Phi) is 5.09. The van der Waals surface area contributed by atoms with Crippen molar-refractivity contribution in [1.29, 1.82) is 0 Å². The number of halogens is 2. The SMILES string of the molecule is CCn1nc(C)c(Cl)c1CN(C)C(C)CCl. The second-order valence-electron chi connectivity index (χ2n) is 4.08. The molecule has 0 bridgehead atoms. The first-order chi connectivity index (χ1) is 7.51. The highest BCUT2D eigenvalue weighted by molar-refractivity contribution is 6.31. The van der Waals surface area contributed by atoms with E-state index < -0.39 is 0 Å². The summed E-state index contributed by atoms with van der Waals surface area (Å²) in [6.45, 7) is 7.72. The number of hydrogen-bond donors (Lipinski definition) is 0. The summed E-state index contributed by atoms with van der Waals surface area (Å²) in [5.41, 5.74) is 1.96. The van der Waals surface area contributed by atoms with E-state index in [4.69, 9.17) is 23.2 Å². The molecule has 0 spiro atoms. The van der Waals surface area contributed by atoms with Gasteiger partial charge in [0, 0.05) is 25.0 Å². The van der Waals surface area contributed by atoms with Crippen molar-refractivity contribution in [1.82, 2.24) is 14.7 Å². The maximum Gasteiger partial charge on any atom is 0.0860 e. The van der Waals surface area contributed by atoms with Crippen LogP contribution in [0.3, 0.4) is 0 Å². The fourth-order valence-corrected chi connectivity index (χ4v) is 1.96. The maximum absolute atomic E-state index is 6.24. The Morgan fingerprint density at radius 1 is 1.50 bits per heavy atom. The molecule has 0 saturated heterocycles. The van der Waals surface area contributed by atoms with Crippen LogP contribution >= 0.6 is 23.2 Å². The lowest BCUT2D eigenvalue weighted by Crippen LogP contribution is -2.30. The number of aryl methyl sites for hydroxylation is 2. The normalized spacial score (nSPS) is 13.4. The lowest BCUT2D eigenvalue weighted by molar-refractivity contribution is 0.260. The Morgan fingerprint density at radius 2 is 2.12 bits per heavy atom. The van der Waals surface area contributed by atoms with E-state index in [1.54, 1.807) is 0 Å². The van der Waals surface area contributed by atoms with Gasteiger partial charge in [0.05, 0.1) is 16.4 Å². The summed E-state index contributed by atoms with van der Waals surface area (Å²) in [4.78, 5) is 2.18. The second kappa shape index (κ2) is 5.89. The van der Waals surface area contributed by atoms with Crippen LogP contribution < -0.4 is 0 Å². The van der Waals surface area contributed by atoms with Crippen LogP contribution in [0.4, 0.5) is 0 Å². The van der Waals surface area contributed by atoms with Crippen LogP contribution in [0.1, 0.15) is 25.2 Å². The van der Waals surface area contributed by atoms with Crippen LogP contribution in [0.15, 0.2) is 0 Å². The van der Waals surface area contributed by atoms with Crippen molar-refractivity contribution in [3.63, 3.8) is 0 Å². The fourth-order valence-electron chi connectivity index (χ4n) is 1.53. The lowest BCUT2D eigenvalue weighted by Gasteiger charge is -2.23. The van der Waals surface area contributed by atoms with Crippen LogP contribution in [-0.4, -0.2) is 33.6 Å². The molecule has 0 amide bonds. The van der Waals surface area contributed by atoms with Crippen molar-refractivity contribution in [2.45, 2.75) is 39.9 Å².